The van der Waals surface area contributed by atoms with Gasteiger partial charge in [-0.05, 0) is 36.4 Å². The van der Waals surface area contributed by atoms with Crippen molar-refractivity contribution in [3.8, 4) is 11.3 Å². The van der Waals surface area contributed by atoms with Crippen LogP contribution in [0.1, 0.15) is 0 Å². The van der Waals surface area contributed by atoms with E-state index in [1.54, 1.807) is 18.5 Å². The van der Waals surface area contributed by atoms with Crippen molar-refractivity contribution < 1.29 is 4.74 Å². The number of anilines is 3. The van der Waals surface area contributed by atoms with E-state index in [2.05, 4.69) is 38.4 Å². The third-order valence-corrected chi connectivity index (χ3v) is 5.12. The Morgan fingerprint density at radius 1 is 1.07 bits per heavy atom. The van der Waals surface area contributed by atoms with Gasteiger partial charge >= 0.3 is 0 Å². The average molecular weight is 387 g/mol. The van der Waals surface area contributed by atoms with Crippen LogP contribution in [-0.4, -0.2) is 40.7 Å². The Morgan fingerprint density at radius 2 is 1.97 bits per heavy atom. The minimum absolute atomic E-state index is 0.127. The zero-order valence-electron chi connectivity index (χ0n) is 15.8. The first-order valence-corrected chi connectivity index (χ1v) is 9.63. The van der Waals surface area contributed by atoms with E-state index in [0.29, 0.717) is 0 Å². The molecule has 4 heterocycles. The number of rotatable bonds is 4. The number of aromatic amines is 1. The number of hydrogen-bond acceptors (Lipinski definition) is 5. The SMILES string of the molecule is O=c1cc(-c2ccc(Nc3cccc(N4CCOCC4)c3)c3nccn23)cc[nH]1. The highest BCUT2D eigenvalue weighted by molar-refractivity contribution is 5.78. The number of ether oxygens (including phenoxy) is 1. The molecular formula is C22H21N5O2. The number of fused-ring (bicyclic) bond motifs is 1. The number of nitrogens with one attached hydrogen (secondary N) is 2. The molecule has 0 saturated carbocycles. The molecular weight excluding hydrogens is 366 g/mol. The molecule has 1 saturated heterocycles. The summed E-state index contributed by atoms with van der Waals surface area (Å²) in [5.74, 6) is 0. The number of H-pyrrole nitrogens is 1. The molecule has 0 bridgehead atoms. The second-order valence-electron chi connectivity index (χ2n) is 6.97. The Hall–Kier alpha value is -3.58. The van der Waals surface area contributed by atoms with Crippen LogP contribution in [0.3, 0.4) is 0 Å². The molecule has 1 fully saturated rings. The maximum atomic E-state index is 11.7. The minimum atomic E-state index is -0.127. The lowest BCUT2D eigenvalue weighted by molar-refractivity contribution is 0.122. The van der Waals surface area contributed by atoms with Gasteiger partial charge in [0.1, 0.15) is 0 Å². The van der Waals surface area contributed by atoms with Crippen molar-refractivity contribution in [3.05, 3.63) is 77.5 Å². The van der Waals surface area contributed by atoms with Crippen molar-refractivity contribution in [2.24, 2.45) is 0 Å². The smallest absolute Gasteiger partial charge is 0.248 e. The summed E-state index contributed by atoms with van der Waals surface area (Å²) in [4.78, 5) is 21.2. The quantitative estimate of drug-likeness (QED) is 0.562. The lowest BCUT2D eigenvalue weighted by Crippen LogP contribution is -2.36. The van der Waals surface area contributed by atoms with E-state index in [9.17, 15) is 4.79 Å². The van der Waals surface area contributed by atoms with Crippen LogP contribution in [0, 0.1) is 0 Å². The molecule has 1 aromatic carbocycles. The molecule has 1 aliphatic heterocycles. The molecule has 0 spiro atoms. The fourth-order valence-electron chi connectivity index (χ4n) is 3.71. The third kappa shape index (κ3) is 3.48. The summed E-state index contributed by atoms with van der Waals surface area (Å²) in [7, 11) is 0. The lowest BCUT2D eigenvalue weighted by atomic mass is 10.1. The van der Waals surface area contributed by atoms with Crippen molar-refractivity contribution in [1.29, 1.82) is 0 Å². The summed E-state index contributed by atoms with van der Waals surface area (Å²) in [5.41, 5.74) is 5.52. The first-order chi connectivity index (χ1) is 14.3. The van der Waals surface area contributed by atoms with Crippen molar-refractivity contribution in [3.63, 3.8) is 0 Å². The van der Waals surface area contributed by atoms with Crippen LogP contribution in [0.4, 0.5) is 17.1 Å². The van der Waals surface area contributed by atoms with Crippen molar-refractivity contribution in [2.45, 2.75) is 0 Å². The highest BCUT2D eigenvalue weighted by Gasteiger charge is 2.13. The molecule has 4 aromatic rings. The third-order valence-electron chi connectivity index (χ3n) is 5.12. The number of nitrogens with zero attached hydrogens (tertiary/aromatic N) is 3. The number of pyridine rings is 2. The number of benzene rings is 1. The number of morpholine rings is 1. The largest absolute Gasteiger partial charge is 0.378 e. The van der Waals surface area contributed by atoms with Crippen LogP contribution < -0.4 is 15.8 Å². The van der Waals surface area contributed by atoms with Gasteiger partial charge in [-0.2, -0.15) is 0 Å². The highest BCUT2D eigenvalue weighted by Crippen LogP contribution is 2.28. The van der Waals surface area contributed by atoms with Crippen molar-refractivity contribution >= 4 is 22.7 Å². The number of imidazole rings is 1. The van der Waals surface area contributed by atoms with Crippen LogP contribution in [0.2, 0.25) is 0 Å². The Morgan fingerprint density at radius 3 is 2.83 bits per heavy atom. The van der Waals surface area contributed by atoms with E-state index >= 15 is 0 Å². The molecule has 0 radical (unpaired) electrons. The summed E-state index contributed by atoms with van der Waals surface area (Å²) in [5, 5.41) is 3.49. The Labute approximate surface area is 167 Å². The summed E-state index contributed by atoms with van der Waals surface area (Å²) in [6.45, 7) is 3.32. The Kier molecular flexibility index (Phi) is 4.50. The van der Waals surface area contributed by atoms with E-state index in [4.69, 9.17) is 4.74 Å². The first-order valence-electron chi connectivity index (χ1n) is 9.63. The molecule has 7 heteroatoms. The molecule has 7 nitrogen and oxygen atoms in total. The van der Waals surface area contributed by atoms with Crippen molar-refractivity contribution in [2.75, 3.05) is 36.5 Å². The highest BCUT2D eigenvalue weighted by atomic mass is 16.5. The van der Waals surface area contributed by atoms with Gasteiger partial charge < -0.3 is 19.9 Å². The van der Waals surface area contributed by atoms with Crippen LogP contribution in [0.25, 0.3) is 16.9 Å². The molecule has 0 amide bonds. The second-order valence-corrected chi connectivity index (χ2v) is 6.97. The Balaban J connectivity index is 1.48. The fraction of sp³-hybridized carbons (Fsp3) is 0.182. The molecule has 2 N–H and O–H groups in total. The van der Waals surface area contributed by atoms with Gasteiger partial charge in [0.25, 0.3) is 0 Å². The fourth-order valence-corrected chi connectivity index (χ4v) is 3.71. The molecule has 0 aliphatic carbocycles. The van der Waals surface area contributed by atoms with Gasteiger partial charge in [0.2, 0.25) is 5.56 Å². The molecule has 3 aromatic heterocycles. The average Bonchev–Trinajstić information content (AvgIpc) is 3.25. The zero-order valence-corrected chi connectivity index (χ0v) is 15.8. The van der Waals surface area contributed by atoms with Crippen LogP contribution in [-0.2, 0) is 4.74 Å². The molecule has 0 unspecified atom stereocenters. The second kappa shape index (κ2) is 7.44. The van der Waals surface area contributed by atoms with E-state index in [1.807, 2.05) is 34.9 Å². The zero-order chi connectivity index (χ0) is 19.6. The van der Waals surface area contributed by atoms with Crippen LogP contribution >= 0.6 is 0 Å². The van der Waals surface area contributed by atoms with Gasteiger partial charge in [-0.1, -0.05) is 6.07 Å². The standard InChI is InChI=1S/C22H21N5O2/c28-21-14-16(6-7-23-21)20-5-4-19(22-24-8-9-27(20)22)25-17-2-1-3-18(15-17)26-10-12-29-13-11-26/h1-9,14-15,25H,10-13H2,(H,23,28). The van der Waals surface area contributed by atoms with Gasteiger partial charge in [-0.3, -0.25) is 9.20 Å². The lowest BCUT2D eigenvalue weighted by Gasteiger charge is -2.29. The maximum absolute atomic E-state index is 11.7. The topological polar surface area (TPSA) is 74.7 Å². The predicted molar refractivity (Wildman–Crippen MR) is 114 cm³/mol. The summed E-state index contributed by atoms with van der Waals surface area (Å²) in [6.07, 6.45) is 5.33. The van der Waals surface area contributed by atoms with E-state index in [0.717, 1.165) is 54.6 Å². The van der Waals surface area contributed by atoms with Crippen molar-refractivity contribution in [1.82, 2.24) is 14.4 Å². The number of aromatic nitrogens is 3. The van der Waals surface area contributed by atoms with E-state index in [-0.39, 0.29) is 5.56 Å². The van der Waals surface area contributed by atoms with Gasteiger partial charge in [0.15, 0.2) is 5.65 Å². The van der Waals surface area contributed by atoms with Gasteiger partial charge in [-0.15, -0.1) is 0 Å². The van der Waals surface area contributed by atoms with E-state index < -0.39 is 0 Å². The minimum Gasteiger partial charge on any atom is -0.378 e. The first kappa shape index (κ1) is 17.5. The normalized spacial score (nSPS) is 14.3. The molecule has 146 valence electrons. The van der Waals surface area contributed by atoms with Gasteiger partial charge in [0, 0.05) is 54.7 Å². The van der Waals surface area contributed by atoms with Crippen LogP contribution in [0.15, 0.2) is 71.9 Å². The van der Waals surface area contributed by atoms with Crippen LogP contribution in [0.5, 0.6) is 0 Å². The maximum Gasteiger partial charge on any atom is 0.248 e. The number of hydrogen-bond donors (Lipinski definition) is 2. The molecule has 29 heavy (non-hydrogen) atoms. The molecule has 5 rings (SSSR count). The van der Waals surface area contributed by atoms with Gasteiger partial charge in [-0.25, -0.2) is 4.98 Å². The summed E-state index contributed by atoms with van der Waals surface area (Å²) in [6, 6.07) is 15.8. The predicted octanol–water partition coefficient (Wildman–Crippen LogP) is 3.27. The molecule has 0 atom stereocenters. The molecule has 1 aliphatic rings. The monoisotopic (exact) mass is 387 g/mol. The Bertz CT molecular complexity index is 1210. The summed E-state index contributed by atoms with van der Waals surface area (Å²) >= 11 is 0. The summed E-state index contributed by atoms with van der Waals surface area (Å²) < 4.78 is 7.44. The van der Waals surface area contributed by atoms with E-state index in [1.165, 1.54) is 5.69 Å². The van der Waals surface area contributed by atoms with Gasteiger partial charge in [0.05, 0.1) is 24.6 Å².